The van der Waals surface area contributed by atoms with E-state index < -0.39 is 0 Å². The number of nitrogens with zero attached hydrogens (tertiary/aromatic N) is 1. The van der Waals surface area contributed by atoms with Gasteiger partial charge < -0.3 is 15.2 Å². The van der Waals surface area contributed by atoms with Crippen molar-refractivity contribution >= 4 is 0 Å². The lowest BCUT2D eigenvalue weighted by atomic mass is 9.78. The van der Waals surface area contributed by atoms with E-state index in [4.69, 9.17) is 4.74 Å². The molecule has 2 N–H and O–H groups in total. The van der Waals surface area contributed by atoms with Gasteiger partial charge in [-0.05, 0) is 52.0 Å². The van der Waals surface area contributed by atoms with Gasteiger partial charge in [0.1, 0.15) is 0 Å². The molecule has 0 bridgehead atoms. The number of hydrogen-bond acceptors (Lipinski definition) is 4. The minimum Gasteiger partial charge on any atom is -0.394 e. The molecule has 4 atom stereocenters. The number of hydrogen-bond donors (Lipinski definition) is 2. The first-order valence-corrected chi connectivity index (χ1v) is 7.95. The van der Waals surface area contributed by atoms with Crippen LogP contribution in [0, 0.1) is 0 Å². The fraction of sp³-hybridized carbons (Fsp3) is 1.00. The van der Waals surface area contributed by atoms with Crippen LogP contribution >= 0.6 is 0 Å². The van der Waals surface area contributed by atoms with E-state index in [0.717, 1.165) is 26.0 Å². The highest BCUT2D eigenvalue weighted by molar-refractivity contribution is 4.99. The molecule has 3 aliphatic rings. The molecule has 0 aromatic heterocycles. The van der Waals surface area contributed by atoms with Crippen LogP contribution in [0.3, 0.4) is 0 Å². The molecule has 0 aromatic rings. The number of rotatable bonds is 3. The average molecular weight is 268 g/mol. The number of nitrogens with one attached hydrogen (secondary N) is 1. The van der Waals surface area contributed by atoms with Crippen LogP contribution in [0.5, 0.6) is 0 Å². The second kappa shape index (κ2) is 5.68. The SMILES string of the molecule is CNC1(CO)CCCC(N2CCOC3CCCC32)C1. The topological polar surface area (TPSA) is 44.7 Å². The van der Waals surface area contributed by atoms with Gasteiger partial charge in [0.05, 0.1) is 19.3 Å². The number of ether oxygens (including phenoxy) is 1. The zero-order valence-corrected chi connectivity index (χ0v) is 12.1. The molecule has 4 heteroatoms. The van der Waals surface area contributed by atoms with Crippen molar-refractivity contribution in [2.24, 2.45) is 0 Å². The summed E-state index contributed by atoms with van der Waals surface area (Å²) < 4.78 is 5.92. The summed E-state index contributed by atoms with van der Waals surface area (Å²) in [7, 11) is 2.00. The van der Waals surface area contributed by atoms with E-state index in [1.165, 1.54) is 32.1 Å². The standard InChI is InChI=1S/C15H28N2O2/c1-16-15(11-18)7-3-4-12(10-15)17-8-9-19-14-6-2-5-13(14)17/h12-14,16,18H,2-11H2,1H3. The fourth-order valence-corrected chi connectivity index (χ4v) is 4.47. The predicted molar refractivity (Wildman–Crippen MR) is 75.2 cm³/mol. The highest BCUT2D eigenvalue weighted by atomic mass is 16.5. The second-order valence-electron chi connectivity index (χ2n) is 6.58. The van der Waals surface area contributed by atoms with Crippen molar-refractivity contribution in [1.29, 1.82) is 0 Å². The van der Waals surface area contributed by atoms with Crippen molar-refractivity contribution in [3.8, 4) is 0 Å². The van der Waals surface area contributed by atoms with Gasteiger partial charge in [-0.15, -0.1) is 0 Å². The molecule has 2 aliphatic carbocycles. The molecule has 3 rings (SSSR count). The normalized spacial score (nSPS) is 44.2. The van der Waals surface area contributed by atoms with Gasteiger partial charge in [0, 0.05) is 24.2 Å². The molecule has 1 saturated heterocycles. The third-order valence-electron chi connectivity index (χ3n) is 5.65. The highest BCUT2D eigenvalue weighted by Crippen LogP contribution is 2.37. The Labute approximate surface area is 116 Å². The maximum Gasteiger partial charge on any atom is 0.0731 e. The van der Waals surface area contributed by atoms with Gasteiger partial charge in [0.2, 0.25) is 0 Å². The summed E-state index contributed by atoms with van der Waals surface area (Å²) in [6.07, 6.45) is 9.04. The molecule has 4 unspecified atom stereocenters. The lowest BCUT2D eigenvalue weighted by Crippen LogP contribution is -2.59. The summed E-state index contributed by atoms with van der Waals surface area (Å²) >= 11 is 0. The largest absolute Gasteiger partial charge is 0.394 e. The first kappa shape index (κ1) is 13.8. The predicted octanol–water partition coefficient (Wildman–Crippen LogP) is 1.13. The van der Waals surface area contributed by atoms with Gasteiger partial charge in [0.15, 0.2) is 0 Å². The summed E-state index contributed by atoms with van der Waals surface area (Å²) in [5, 5.41) is 13.1. The van der Waals surface area contributed by atoms with Gasteiger partial charge in [0.25, 0.3) is 0 Å². The first-order valence-electron chi connectivity index (χ1n) is 7.95. The molecule has 0 amide bonds. The molecule has 4 nitrogen and oxygen atoms in total. The first-order chi connectivity index (χ1) is 9.28. The Kier molecular flexibility index (Phi) is 4.13. The van der Waals surface area contributed by atoms with Gasteiger partial charge >= 0.3 is 0 Å². The van der Waals surface area contributed by atoms with Crippen LogP contribution in [0.25, 0.3) is 0 Å². The minimum absolute atomic E-state index is 0.0463. The maximum atomic E-state index is 9.74. The minimum atomic E-state index is -0.0463. The summed E-state index contributed by atoms with van der Waals surface area (Å²) in [6, 6.07) is 1.27. The lowest BCUT2D eigenvalue weighted by molar-refractivity contribution is -0.0838. The number of fused-ring (bicyclic) bond motifs is 1. The molecular formula is C15H28N2O2. The maximum absolute atomic E-state index is 9.74. The molecule has 0 radical (unpaired) electrons. The molecule has 1 heterocycles. The molecule has 1 aliphatic heterocycles. The van der Waals surface area contributed by atoms with Crippen LogP contribution < -0.4 is 5.32 Å². The summed E-state index contributed by atoms with van der Waals surface area (Å²) in [4.78, 5) is 2.71. The van der Waals surface area contributed by atoms with Crippen LogP contribution in [0.15, 0.2) is 0 Å². The Bertz CT molecular complexity index is 307. The Balaban J connectivity index is 1.70. The number of aliphatic hydroxyl groups excluding tert-OH is 1. The lowest BCUT2D eigenvalue weighted by Gasteiger charge is -2.48. The molecule has 2 saturated carbocycles. The molecule has 110 valence electrons. The van der Waals surface area contributed by atoms with Crippen molar-refractivity contribution in [2.45, 2.75) is 68.7 Å². The Morgan fingerprint density at radius 2 is 2.21 bits per heavy atom. The van der Waals surface area contributed by atoms with E-state index in [-0.39, 0.29) is 12.1 Å². The van der Waals surface area contributed by atoms with Gasteiger partial charge in [-0.2, -0.15) is 0 Å². The fourth-order valence-electron chi connectivity index (χ4n) is 4.47. The van der Waals surface area contributed by atoms with Gasteiger partial charge in [-0.25, -0.2) is 0 Å². The zero-order chi connectivity index (χ0) is 13.3. The van der Waals surface area contributed by atoms with Crippen LogP contribution in [-0.4, -0.2) is 60.5 Å². The smallest absolute Gasteiger partial charge is 0.0731 e. The third kappa shape index (κ3) is 2.56. The van der Waals surface area contributed by atoms with Gasteiger partial charge in [-0.1, -0.05) is 0 Å². The zero-order valence-electron chi connectivity index (χ0n) is 12.1. The van der Waals surface area contributed by atoms with E-state index in [9.17, 15) is 5.11 Å². The monoisotopic (exact) mass is 268 g/mol. The third-order valence-corrected chi connectivity index (χ3v) is 5.65. The van der Waals surface area contributed by atoms with Crippen LogP contribution in [0.4, 0.5) is 0 Å². The molecular weight excluding hydrogens is 240 g/mol. The summed E-state index contributed by atoms with van der Waals surface area (Å²) in [5.41, 5.74) is -0.0463. The number of likely N-dealkylation sites (N-methyl/N-ethyl adjacent to an activating group) is 1. The van der Waals surface area contributed by atoms with E-state index in [2.05, 4.69) is 10.2 Å². The van der Waals surface area contributed by atoms with Crippen LogP contribution in [0.2, 0.25) is 0 Å². The van der Waals surface area contributed by atoms with Crippen molar-refractivity contribution < 1.29 is 9.84 Å². The summed E-state index contributed by atoms with van der Waals surface area (Å²) in [5.74, 6) is 0. The van der Waals surface area contributed by atoms with E-state index in [0.29, 0.717) is 18.2 Å². The van der Waals surface area contributed by atoms with E-state index >= 15 is 0 Å². The van der Waals surface area contributed by atoms with E-state index in [1.807, 2.05) is 7.05 Å². The van der Waals surface area contributed by atoms with E-state index in [1.54, 1.807) is 0 Å². The quantitative estimate of drug-likeness (QED) is 0.805. The van der Waals surface area contributed by atoms with Crippen LogP contribution in [0.1, 0.15) is 44.9 Å². The van der Waals surface area contributed by atoms with Crippen molar-refractivity contribution in [3.05, 3.63) is 0 Å². The Morgan fingerprint density at radius 1 is 1.32 bits per heavy atom. The molecule has 0 spiro atoms. The van der Waals surface area contributed by atoms with Crippen molar-refractivity contribution in [1.82, 2.24) is 10.2 Å². The molecule has 3 fully saturated rings. The van der Waals surface area contributed by atoms with Gasteiger partial charge in [-0.3, -0.25) is 4.90 Å². The molecule has 19 heavy (non-hydrogen) atoms. The van der Waals surface area contributed by atoms with Crippen molar-refractivity contribution in [3.63, 3.8) is 0 Å². The highest BCUT2D eigenvalue weighted by Gasteiger charge is 2.43. The Hall–Kier alpha value is -0.160. The molecule has 0 aromatic carbocycles. The van der Waals surface area contributed by atoms with Crippen LogP contribution in [-0.2, 0) is 4.74 Å². The number of morpholine rings is 1. The van der Waals surface area contributed by atoms with Crippen molar-refractivity contribution in [2.75, 3.05) is 26.8 Å². The second-order valence-corrected chi connectivity index (χ2v) is 6.58. The average Bonchev–Trinajstić information content (AvgIpc) is 2.95. The Morgan fingerprint density at radius 3 is 3.00 bits per heavy atom. The summed E-state index contributed by atoms with van der Waals surface area (Å²) in [6.45, 7) is 2.23. The number of aliphatic hydroxyl groups is 1.